The summed E-state index contributed by atoms with van der Waals surface area (Å²) in [6.07, 6.45) is 15.1. The molecule has 152 valence electrons. The highest BCUT2D eigenvalue weighted by molar-refractivity contribution is 5.93. The lowest BCUT2D eigenvalue weighted by atomic mass is 10.1. The molecule has 0 heterocycles. The quantitative estimate of drug-likeness (QED) is 0.337. The van der Waals surface area contributed by atoms with Gasteiger partial charge in [0, 0.05) is 24.2 Å². The molecule has 2 N–H and O–H groups in total. The second-order valence-corrected chi connectivity index (χ2v) is 7.32. The summed E-state index contributed by atoms with van der Waals surface area (Å²) in [5.41, 5.74) is 1.45. The van der Waals surface area contributed by atoms with Crippen LogP contribution in [0.1, 0.15) is 97.3 Å². The van der Waals surface area contributed by atoms with Gasteiger partial charge >= 0.3 is 0 Å². The highest BCUT2D eigenvalue weighted by Crippen LogP contribution is 2.16. The van der Waals surface area contributed by atoms with E-state index in [0.29, 0.717) is 18.5 Å². The molecule has 0 aliphatic carbocycles. The van der Waals surface area contributed by atoms with Crippen molar-refractivity contribution in [2.75, 3.05) is 10.6 Å². The van der Waals surface area contributed by atoms with Gasteiger partial charge in [0.1, 0.15) is 0 Å². The summed E-state index contributed by atoms with van der Waals surface area (Å²) in [4.78, 5) is 23.5. The molecule has 2 amide bonds. The van der Waals surface area contributed by atoms with Crippen LogP contribution in [0.4, 0.5) is 11.4 Å². The van der Waals surface area contributed by atoms with Gasteiger partial charge in [0.05, 0.1) is 0 Å². The van der Waals surface area contributed by atoms with Gasteiger partial charge in [-0.2, -0.15) is 0 Å². The van der Waals surface area contributed by atoms with E-state index in [1.165, 1.54) is 57.8 Å². The van der Waals surface area contributed by atoms with Gasteiger partial charge in [-0.15, -0.1) is 0 Å². The van der Waals surface area contributed by atoms with Crippen LogP contribution in [0.2, 0.25) is 0 Å². The molecular formula is C23H38N2O2. The number of rotatable bonds is 15. The summed E-state index contributed by atoms with van der Waals surface area (Å²) in [7, 11) is 0. The van der Waals surface area contributed by atoms with Crippen LogP contribution in [-0.2, 0) is 9.59 Å². The van der Waals surface area contributed by atoms with Crippen molar-refractivity contribution in [3.05, 3.63) is 24.3 Å². The van der Waals surface area contributed by atoms with Crippen LogP contribution in [0.25, 0.3) is 0 Å². The van der Waals surface area contributed by atoms with Crippen molar-refractivity contribution >= 4 is 23.2 Å². The molecule has 0 unspecified atom stereocenters. The third kappa shape index (κ3) is 12.2. The fraction of sp³-hybridized carbons (Fsp3) is 0.652. The highest BCUT2D eigenvalue weighted by atomic mass is 16.2. The maximum absolute atomic E-state index is 12.1. The van der Waals surface area contributed by atoms with Crippen LogP contribution in [0.15, 0.2) is 24.3 Å². The number of hydrogen-bond acceptors (Lipinski definition) is 2. The Bertz CT molecular complexity index is 543. The zero-order valence-corrected chi connectivity index (χ0v) is 17.3. The largest absolute Gasteiger partial charge is 0.326 e. The van der Waals surface area contributed by atoms with E-state index in [2.05, 4.69) is 17.6 Å². The molecule has 0 saturated heterocycles. The zero-order chi connectivity index (χ0) is 19.7. The molecule has 1 aromatic rings. The molecule has 0 saturated carbocycles. The predicted octanol–water partition coefficient (Wildman–Crippen LogP) is 6.67. The van der Waals surface area contributed by atoms with Gasteiger partial charge in [-0.05, 0) is 24.6 Å². The van der Waals surface area contributed by atoms with Gasteiger partial charge in [-0.1, -0.05) is 84.1 Å². The first-order valence-corrected chi connectivity index (χ1v) is 10.9. The Hall–Kier alpha value is -1.84. The van der Waals surface area contributed by atoms with Gasteiger partial charge in [-0.3, -0.25) is 9.59 Å². The molecule has 0 aromatic heterocycles. The molecule has 0 aliphatic rings. The molecular weight excluding hydrogens is 336 g/mol. The standard InChI is InChI=1S/C23H38N2O2/c1-3-5-6-7-8-9-10-11-12-13-14-18-23(27)25-21-17-15-16-20(19-21)24-22(26)4-2/h15-17,19H,3-14,18H2,1-2H3,(H,24,26)(H,25,27). The number of hydrogen-bond donors (Lipinski definition) is 2. The first kappa shape index (κ1) is 23.2. The number of unbranched alkanes of at least 4 members (excludes halogenated alkanes) is 10. The van der Waals surface area contributed by atoms with Crippen molar-refractivity contribution in [3.63, 3.8) is 0 Å². The Morgan fingerprint density at radius 1 is 0.704 bits per heavy atom. The number of nitrogens with one attached hydrogen (secondary N) is 2. The highest BCUT2D eigenvalue weighted by Gasteiger charge is 2.04. The normalized spacial score (nSPS) is 10.6. The van der Waals surface area contributed by atoms with E-state index in [1.54, 1.807) is 6.07 Å². The van der Waals surface area contributed by atoms with Crippen molar-refractivity contribution < 1.29 is 9.59 Å². The predicted molar refractivity (Wildman–Crippen MR) is 115 cm³/mol. The third-order valence-corrected chi connectivity index (χ3v) is 4.76. The second-order valence-electron chi connectivity index (χ2n) is 7.32. The van der Waals surface area contributed by atoms with Crippen LogP contribution in [0, 0.1) is 0 Å². The SMILES string of the molecule is CCCCCCCCCCCCCC(=O)Nc1cccc(NC(=O)CC)c1. The molecule has 1 rings (SSSR count). The molecule has 0 bridgehead atoms. The van der Waals surface area contributed by atoms with Crippen LogP contribution < -0.4 is 10.6 Å². The fourth-order valence-corrected chi connectivity index (χ4v) is 3.10. The van der Waals surface area contributed by atoms with Gasteiger partial charge in [0.25, 0.3) is 0 Å². The Morgan fingerprint density at radius 2 is 1.19 bits per heavy atom. The third-order valence-electron chi connectivity index (χ3n) is 4.76. The number of anilines is 2. The Balaban J connectivity index is 2.07. The van der Waals surface area contributed by atoms with Crippen LogP contribution in [0.5, 0.6) is 0 Å². The van der Waals surface area contributed by atoms with Crippen LogP contribution in [0.3, 0.4) is 0 Å². The fourth-order valence-electron chi connectivity index (χ4n) is 3.10. The second kappa shape index (κ2) is 15.2. The van der Waals surface area contributed by atoms with Crippen molar-refractivity contribution in [1.29, 1.82) is 0 Å². The smallest absolute Gasteiger partial charge is 0.224 e. The van der Waals surface area contributed by atoms with Gasteiger partial charge in [0.15, 0.2) is 0 Å². The average molecular weight is 375 g/mol. The molecule has 1 aromatic carbocycles. The van der Waals surface area contributed by atoms with Gasteiger partial charge in [0.2, 0.25) is 11.8 Å². The van der Waals surface area contributed by atoms with E-state index >= 15 is 0 Å². The first-order chi connectivity index (χ1) is 13.2. The summed E-state index contributed by atoms with van der Waals surface area (Å²) >= 11 is 0. The van der Waals surface area contributed by atoms with Gasteiger partial charge < -0.3 is 10.6 Å². The number of carbonyl (C=O) groups excluding carboxylic acids is 2. The number of amides is 2. The van der Waals surface area contributed by atoms with E-state index in [0.717, 1.165) is 18.5 Å². The zero-order valence-electron chi connectivity index (χ0n) is 17.3. The lowest BCUT2D eigenvalue weighted by molar-refractivity contribution is -0.116. The van der Waals surface area contributed by atoms with Crippen molar-refractivity contribution in [2.45, 2.75) is 97.3 Å². The van der Waals surface area contributed by atoms with Gasteiger partial charge in [-0.25, -0.2) is 0 Å². The summed E-state index contributed by atoms with van der Waals surface area (Å²) in [6, 6.07) is 7.31. The molecule has 0 fully saturated rings. The maximum atomic E-state index is 12.1. The summed E-state index contributed by atoms with van der Waals surface area (Å²) in [5, 5.41) is 5.72. The molecule has 0 radical (unpaired) electrons. The number of benzene rings is 1. The van der Waals surface area contributed by atoms with Crippen molar-refractivity contribution in [3.8, 4) is 0 Å². The maximum Gasteiger partial charge on any atom is 0.224 e. The monoisotopic (exact) mass is 374 g/mol. The Labute approximate surface area is 165 Å². The minimum atomic E-state index is -0.0283. The molecule has 0 aliphatic heterocycles. The van der Waals surface area contributed by atoms with Crippen LogP contribution in [-0.4, -0.2) is 11.8 Å². The summed E-state index contributed by atoms with van der Waals surface area (Å²) < 4.78 is 0. The van der Waals surface area contributed by atoms with E-state index in [9.17, 15) is 9.59 Å². The minimum Gasteiger partial charge on any atom is -0.326 e. The van der Waals surface area contributed by atoms with E-state index < -0.39 is 0 Å². The van der Waals surface area contributed by atoms with Crippen molar-refractivity contribution in [2.24, 2.45) is 0 Å². The number of carbonyl (C=O) groups is 2. The first-order valence-electron chi connectivity index (χ1n) is 10.9. The summed E-state index contributed by atoms with van der Waals surface area (Å²) in [5.74, 6) is 0.0179. The minimum absolute atomic E-state index is 0.0283. The average Bonchev–Trinajstić information content (AvgIpc) is 2.66. The summed E-state index contributed by atoms with van der Waals surface area (Å²) in [6.45, 7) is 4.07. The molecule has 0 spiro atoms. The molecule has 27 heavy (non-hydrogen) atoms. The Kier molecular flexibility index (Phi) is 13.1. The van der Waals surface area contributed by atoms with Crippen molar-refractivity contribution in [1.82, 2.24) is 0 Å². The van der Waals surface area contributed by atoms with E-state index in [1.807, 2.05) is 25.1 Å². The van der Waals surface area contributed by atoms with Crippen LogP contribution >= 0.6 is 0 Å². The molecule has 4 heteroatoms. The van der Waals surface area contributed by atoms with E-state index in [-0.39, 0.29) is 11.8 Å². The topological polar surface area (TPSA) is 58.2 Å². The molecule has 0 atom stereocenters. The lowest BCUT2D eigenvalue weighted by Gasteiger charge is -2.08. The Morgan fingerprint density at radius 3 is 1.70 bits per heavy atom. The van der Waals surface area contributed by atoms with E-state index in [4.69, 9.17) is 0 Å². The molecule has 4 nitrogen and oxygen atoms in total. The lowest BCUT2D eigenvalue weighted by Crippen LogP contribution is -2.12.